The van der Waals surface area contributed by atoms with Crippen molar-refractivity contribution < 1.29 is 4.39 Å². The van der Waals surface area contributed by atoms with E-state index in [9.17, 15) is 4.39 Å². The lowest BCUT2D eigenvalue weighted by molar-refractivity contribution is 0.187. The van der Waals surface area contributed by atoms with E-state index in [2.05, 4.69) is 50.9 Å². The summed E-state index contributed by atoms with van der Waals surface area (Å²) >= 11 is 0. The molecular formula is C24H26FN5. The summed E-state index contributed by atoms with van der Waals surface area (Å²) in [5.74, 6) is 0.452. The van der Waals surface area contributed by atoms with Crippen molar-refractivity contribution >= 4 is 11.4 Å². The summed E-state index contributed by atoms with van der Waals surface area (Å²) in [4.78, 5) is 6.79. The molecule has 2 aliphatic rings. The van der Waals surface area contributed by atoms with Crippen molar-refractivity contribution in [1.29, 1.82) is 0 Å². The number of aryl methyl sites for hydroxylation is 1. The molecule has 30 heavy (non-hydrogen) atoms. The number of nitrogens with zero attached hydrogens (tertiary/aromatic N) is 3. The van der Waals surface area contributed by atoms with Crippen molar-refractivity contribution in [3.05, 3.63) is 83.1 Å². The SMILES string of the molecule is C=C(c1cc[nH]n1)c1cc(N2CCC3(CC2)Cc2ccccc2[C@H]3N)nc(C)c1F. The third-order valence-electron chi connectivity index (χ3n) is 6.92. The van der Waals surface area contributed by atoms with Crippen LogP contribution in [0.2, 0.25) is 0 Å². The highest BCUT2D eigenvalue weighted by molar-refractivity contribution is 5.77. The summed E-state index contributed by atoms with van der Waals surface area (Å²) in [6, 6.07) is 12.2. The molecule has 2 aromatic heterocycles. The smallest absolute Gasteiger partial charge is 0.152 e. The van der Waals surface area contributed by atoms with Gasteiger partial charge in [-0.15, -0.1) is 0 Å². The van der Waals surface area contributed by atoms with Gasteiger partial charge in [0, 0.05) is 36.5 Å². The number of nitrogens with one attached hydrogen (secondary N) is 1. The number of aromatic nitrogens is 3. The first-order valence-corrected chi connectivity index (χ1v) is 10.4. The largest absolute Gasteiger partial charge is 0.357 e. The lowest BCUT2D eigenvalue weighted by Crippen LogP contribution is -2.44. The lowest BCUT2D eigenvalue weighted by atomic mass is 9.73. The molecule has 0 amide bonds. The number of aromatic amines is 1. The topological polar surface area (TPSA) is 70.8 Å². The molecule has 3 aromatic rings. The first kappa shape index (κ1) is 19.0. The minimum Gasteiger partial charge on any atom is -0.357 e. The van der Waals surface area contributed by atoms with Gasteiger partial charge in [0.05, 0.1) is 11.4 Å². The number of anilines is 1. The van der Waals surface area contributed by atoms with Crippen LogP contribution < -0.4 is 10.6 Å². The molecule has 5 nitrogen and oxygen atoms in total. The van der Waals surface area contributed by atoms with E-state index in [1.54, 1.807) is 25.3 Å². The summed E-state index contributed by atoms with van der Waals surface area (Å²) in [6.45, 7) is 7.48. The Balaban J connectivity index is 1.39. The third-order valence-corrected chi connectivity index (χ3v) is 6.92. The molecule has 0 saturated carbocycles. The van der Waals surface area contributed by atoms with Gasteiger partial charge in [-0.25, -0.2) is 9.37 Å². The molecule has 154 valence electrons. The van der Waals surface area contributed by atoms with Crippen molar-refractivity contribution in [2.75, 3.05) is 18.0 Å². The van der Waals surface area contributed by atoms with Crippen LogP contribution in [0.3, 0.4) is 0 Å². The number of fused-ring (bicyclic) bond motifs is 1. The Morgan fingerprint density at radius 3 is 2.73 bits per heavy atom. The molecule has 1 spiro atoms. The summed E-state index contributed by atoms with van der Waals surface area (Å²) < 4.78 is 14.8. The molecule has 3 heterocycles. The first-order chi connectivity index (χ1) is 14.5. The van der Waals surface area contributed by atoms with Gasteiger partial charge in [-0.2, -0.15) is 5.10 Å². The number of halogens is 1. The number of nitrogens with two attached hydrogens (primary N) is 1. The van der Waals surface area contributed by atoms with Crippen LogP contribution in [-0.4, -0.2) is 28.3 Å². The second kappa shape index (κ2) is 7.06. The van der Waals surface area contributed by atoms with Gasteiger partial charge in [0.2, 0.25) is 0 Å². The fraction of sp³-hybridized carbons (Fsp3) is 0.333. The van der Waals surface area contributed by atoms with Crippen LogP contribution in [0.25, 0.3) is 5.57 Å². The number of hydrogen-bond donors (Lipinski definition) is 2. The zero-order valence-corrected chi connectivity index (χ0v) is 17.2. The second-order valence-electron chi connectivity index (χ2n) is 8.57. The predicted octanol–water partition coefficient (Wildman–Crippen LogP) is 4.16. The van der Waals surface area contributed by atoms with E-state index in [1.807, 2.05) is 0 Å². The van der Waals surface area contributed by atoms with Crippen LogP contribution in [-0.2, 0) is 6.42 Å². The van der Waals surface area contributed by atoms with Crippen LogP contribution in [0, 0.1) is 18.2 Å². The molecular weight excluding hydrogens is 377 g/mol. The molecule has 1 aromatic carbocycles. The quantitative estimate of drug-likeness (QED) is 0.689. The Labute approximate surface area is 175 Å². The minimum absolute atomic E-state index is 0.0776. The number of benzene rings is 1. The maximum Gasteiger partial charge on any atom is 0.152 e. The molecule has 0 radical (unpaired) electrons. The van der Waals surface area contributed by atoms with Gasteiger partial charge >= 0.3 is 0 Å². The summed E-state index contributed by atoms with van der Waals surface area (Å²) in [6.07, 6.45) is 4.74. The van der Waals surface area contributed by atoms with Crippen LogP contribution in [0.1, 0.15) is 47.0 Å². The van der Waals surface area contributed by atoms with Gasteiger partial charge in [-0.05, 0) is 54.9 Å². The van der Waals surface area contributed by atoms with Gasteiger partial charge < -0.3 is 10.6 Å². The molecule has 6 heteroatoms. The van der Waals surface area contributed by atoms with E-state index < -0.39 is 0 Å². The van der Waals surface area contributed by atoms with Gasteiger partial charge in [0.1, 0.15) is 5.82 Å². The van der Waals surface area contributed by atoms with Gasteiger partial charge in [-0.3, -0.25) is 5.10 Å². The van der Waals surface area contributed by atoms with Crippen molar-refractivity contribution in [2.24, 2.45) is 11.1 Å². The maximum atomic E-state index is 14.8. The highest BCUT2D eigenvalue weighted by atomic mass is 19.1. The molecule has 3 N–H and O–H groups in total. The van der Waals surface area contributed by atoms with Crippen LogP contribution in [0.15, 0.2) is 49.2 Å². The van der Waals surface area contributed by atoms with Crippen molar-refractivity contribution in [1.82, 2.24) is 15.2 Å². The Morgan fingerprint density at radius 1 is 1.27 bits per heavy atom. The van der Waals surface area contributed by atoms with Gasteiger partial charge in [-0.1, -0.05) is 30.8 Å². The van der Waals surface area contributed by atoms with Crippen LogP contribution in [0.4, 0.5) is 10.2 Å². The van der Waals surface area contributed by atoms with Gasteiger partial charge in [0.25, 0.3) is 0 Å². The standard InChI is InChI=1S/C24H26FN5/c1-15(20-7-10-27-29-20)19-13-21(28-16(2)22(19)25)30-11-8-24(9-12-30)14-17-5-3-4-6-18(17)23(24)26/h3-7,10,13,23H,1,8-9,11-12,14,26H2,2H3,(H,27,29)/t23-/m1/s1. The Bertz CT molecular complexity index is 1100. The number of H-pyrrole nitrogens is 1. The fourth-order valence-corrected chi connectivity index (χ4v) is 5.08. The van der Waals surface area contributed by atoms with Crippen molar-refractivity contribution in [3.63, 3.8) is 0 Å². The van der Waals surface area contributed by atoms with Crippen molar-refractivity contribution in [3.8, 4) is 0 Å². The maximum absolute atomic E-state index is 14.8. The predicted molar refractivity (Wildman–Crippen MR) is 117 cm³/mol. The molecule has 0 unspecified atom stereocenters. The second-order valence-corrected chi connectivity index (χ2v) is 8.57. The van der Waals surface area contributed by atoms with Crippen molar-refractivity contribution in [2.45, 2.75) is 32.2 Å². The van der Waals surface area contributed by atoms with E-state index >= 15 is 0 Å². The Hall–Kier alpha value is -2.99. The third kappa shape index (κ3) is 2.94. The number of hydrogen-bond acceptors (Lipinski definition) is 4. The highest BCUT2D eigenvalue weighted by Crippen LogP contribution is 2.51. The number of piperidine rings is 1. The minimum atomic E-state index is -0.339. The Kier molecular flexibility index (Phi) is 4.47. The zero-order valence-electron chi connectivity index (χ0n) is 17.2. The van der Waals surface area contributed by atoms with E-state index in [-0.39, 0.29) is 17.3 Å². The number of pyridine rings is 1. The summed E-state index contributed by atoms with van der Waals surface area (Å²) in [7, 11) is 0. The molecule has 1 aliphatic heterocycles. The highest BCUT2D eigenvalue weighted by Gasteiger charge is 2.45. The Morgan fingerprint density at radius 2 is 2.03 bits per heavy atom. The van der Waals surface area contributed by atoms with E-state index in [0.29, 0.717) is 22.5 Å². The molecule has 0 bridgehead atoms. The van der Waals surface area contributed by atoms with Crippen LogP contribution in [0.5, 0.6) is 0 Å². The molecule has 1 fully saturated rings. The monoisotopic (exact) mass is 403 g/mol. The summed E-state index contributed by atoms with van der Waals surface area (Å²) in [5, 5.41) is 6.90. The first-order valence-electron chi connectivity index (χ1n) is 10.4. The molecule has 1 atom stereocenters. The van der Waals surface area contributed by atoms with Crippen LogP contribution >= 0.6 is 0 Å². The van der Waals surface area contributed by atoms with E-state index in [4.69, 9.17) is 5.73 Å². The van der Waals surface area contributed by atoms with Gasteiger partial charge in [0.15, 0.2) is 5.82 Å². The molecule has 5 rings (SSSR count). The molecule has 1 saturated heterocycles. The average molecular weight is 404 g/mol. The van der Waals surface area contributed by atoms with E-state index in [0.717, 1.165) is 38.2 Å². The normalized spacial score (nSPS) is 19.8. The zero-order chi connectivity index (χ0) is 20.9. The fourth-order valence-electron chi connectivity index (χ4n) is 5.08. The average Bonchev–Trinajstić information content (AvgIpc) is 3.38. The lowest BCUT2D eigenvalue weighted by Gasteiger charge is -2.42. The number of rotatable bonds is 3. The van der Waals surface area contributed by atoms with E-state index in [1.165, 1.54) is 11.1 Å². The summed E-state index contributed by atoms with van der Waals surface area (Å²) in [5.41, 5.74) is 11.5. The molecule has 1 aliphatic carbocycles.